The van der Waals surface area contributed by atoms with Gasteiger partial charge in [-0.15, -0.1) is 0 Å². The van der Waals surface area contributed by atoms with Crippen LogP contribution < -0.4 is 113 Å². The van der Waals surface area contributed by atoms with Crippen LogP contribution in [0.15, 0.2) is 0 Å². The maximum absolute atomic E-state index is 9.32. The normalized spacial score (nSPS) is 3.73. The van der Waals surface area contributed by atoms with Crippen LogP contribution in [-0.2, 0) is 46.7 Å². The van der Waals surface area contributed by atoms with Crippen molar-refractivity contribution in [3.05, 3.63) is 0 Å². The van der Waals surface area contributed by atoms with E-state index >= 15 is 0 Å². The van der Waals surface area contributed by atoms with Crippen LogP contribution in [0.2, 0.25) is 0 Å². The van der Waals surface area contributed by atoms with Crippen molar-refractivity contribution in [3.63, 3.8) is 0 Å². The molecule has 11 nitrogen and oxygen atoms in total. The van der Waals surface area contributed by atoms with E-state index in [9.17, 15) is 6.80 Å². The maximum atomic E-state index is 9.32. The Morgan fingerprint density at radius 1 is 0.733 bits per heavy atom. The first kappa shape index (κ1) is 42.8. The zero-order valence-electron chi connectivity index (χ0n) is 7.54. The minimum atomic E-state index is -1.76. The molecule has 0 aromatic rings. The fraction of sp³-hybridized carbons (Fsp3) is 0. The van der Waals surface area contributed by atoms with Crippen molar-refractivity contribution in [1.82, 2.24) is 0 Å². The molecular formula is H6K2O11W2. The Bertz CT molecular complexity index is 45.9. The molecule has 0 fully saturated rings. The van der Waals surface area contributed by atoms with Gasteiger partial charge in [0.2, 0.25) is 0 Å². The minimum absolute atomic E-state index is 0. The van der Waals surface area contributed by atoms with Crippen LogP contribution in [0.25, 0.3) is 0 Å². The zero-order chi connectivity index (χ0) is 12.1. The van der Waals surface area contributed by atoms with E-state index in [1.54, 1.807) is 0 Å². The van der Waals surface area contributed by atoms with Gasteiger partial charge < -0.3 is 21.0 Å². The summed E-state index contributed by atoms with van der Waals surface area (Å²) in [5.41, 5.74) is 0. The first-order valence-electron chi connectivity index (χ1n) is 1.43. The second kappa shape index (κ2) is 108. The molecule has 0 rings (SSSR count). The molecule has 0 aromatic heterocycles. The van der Waals surface area contributed by atoms with E-state index in [0.29, 0.717) is 0 Å². The van der Waals surface area contributed by atoms with Crippen molar-refractivity contribution in [1.29, 1.82) is 0 Å². The standard InChI is InChI=1S/2K.4H2O2.3O.2W/c;;4*1-2;;;;;/h;;4*1-2H;;;;;/q2*+1;;;;;;;;;/p-2. The molecule has 0 unspecified atom stereocenters. The van der Waals surface area contributed by atoms with Gasteiger partial charge in [-0.2, -0.15) is 0 Å². The summed E-state index contributed by atoms with van der Waals surface area (Å²) in [4.78, 5) is 0. The molecule has 0 saturated heterocycles. The van der Waals surface area contributed by atoms with Gasteiger partial charge in [0.15, 0.2) is 0 Å². The fourth-order valence-electron chi connectivity index (χ4n) is 0.0113. The molecular weight excluding hydrogens is 622 g/mol. The molecule has 0 aliphatic heterocycles. The second-order valence-corrected chi connectivity index (χ2v) is 5.67. The molecule has 0 saturated carbocycles. The third-order valence-electron chi connectivity index (χ3n) is 0.0556. The summed E-state index contributed by atoms with van der Waals surface area (Å²) in [6, 6.07) is 0. The summed E-state index contributed by atoms with van der Waals surface area (Å²) in [6.07, 6.45) is 0. The Kier molecular flexibility index (Phi) is 307. The molecule has 0 heterocycles. The van der Waals surface area contributed by atoms with Crippen LogP contribution in [0.5, 0.6) is 0 Å². The average molecular weight is 628 g/mol. The number of hydrogen-bond donors (Lipinski definition) is 6. The Balaban J connectivity index is -0.0000000113. The predicted molar refractivity (Wildman–Crippen MR) is 18.2 cm³/mol. The van der Waals surface area contributed by atoms with Crippen LogP contribution in [0, 0.1) is 0 Å². The zero-order valence-corrected chi connectivity index (χ0v) is 19.7. The molecule has 0 amide bonds. The average Bonchev–Trinajstić information content (AvgIpc) is 2.30. The van der Waals surface area contributed by atoms with Crippen molar-refractivity contribution in [2.24, 2.45) is 0 Å². The van der Waals surface area contributed by atoms with Crippen LogP contribution in [-0.4, -0.2) is 31.5 Å². The molecule has 15 heavy (non-hydrogen) atoms. The van der Waals surface area contributed by atoms with E-state index in [4.69, 9.17) is 42.1 Å². The van der Waals surface area contributed by atoms with Gasteiger partial charge in [0.05, 0.1) is 0 Å². The molecule has 15 heteroatoms. The number of rotatable bonds is 2. The third-order valence-corrected chi connectivity index (χ3v) is 3.72. The molecule has 6 N–H and O–H groups in total. The summed E-state index contributed by atoms with van der Waals surface area (Å²) in [5.74, 6) is 0. The van der Waals surface area contributed by atoms with Gasteiger partial charge in [0, 0.05) is 0 Å². The predicted octanol–water partition coefficient (Wildman–Crippen LogP) is -8.63. The quantitative estimate of drug-likeness (QED) is 0.0961. The van der Waals surface area contributed by atoms with E-state index in [1.807, 2.05) is 0 Å². The molecule has 0 spiro atoms. The summed E-state index contributed by atoms with van der Waals surface area (Å²) < 4.78 is 22.7. The van der Waals surface area contributed by atoms with Gasteiger partial charge in [-0.25, -0.2) is 0 Å². The van der Waals surface area contributed by atoms with Crippen molar-refractivity contribution >= 4 is 0 Å². The van der Waals surface area contributed by atoms with Crippen molar-refractivity contribution in [3.8, 4) is 0 Å². The van der Waals surface area contributed by atoms with Gasteiger partial charge in [0.25, 0.3) is 0 Å². The van der Waals surface area contributed by atoms with Crippen LogP contribution in [0.3, 0.4) is 0 Å². The van der Waals surface area contributed by atoms with Gasteiger partial charge in [0.1, 0.15) is 0 Å². The van der Waals surface area contributed by atoms with Crippen molar-refractivity contribution < 1.29 is 191 Å². The topological polar surface area (TPSA) is 211 Å². The molecule has 0 aliphatic rings. The molecule has 0 aromatic carbocycles. The van der Waals surface area contributed by atoms with Gasteiger partial charge in [-0.05, 0) is 0 Å². The van der Waals surface area contributed by atoms with Crippen LogP contribution in [0.1, 0.15) is 0 Å². The molecule has 0 bridgehead atoms. The van der Waals surface area contributed by atoms with E-state index in [-0.39, 0.29) is 103 Å². The number of hydrogen-bond acceptors (Lipinski definition) is 11. The first-order valence-corrected chi connectivity index (χ1v) is 6.22. The van der Waals surface area contributed by atoms with Crippen LogP contribution >= 0.6 is 0 Å². The van der Waals surface area contributed by atoms with Gasteiger partial charge in [-0.3, -0.25) is 21.0 Å². The molecule has 86 valence electrons. The molecule has 0 atom stereocenters. The van der Waals surface area contributed by atoms with Crippen molar-refractivity contribution in [2.75, 3.05) is 0 Å². The summed E-state index contributed by atoms with van der Waals surface area (Å²) >= 11 is -3.52. The van der Waals surface area contributed by atoms with Crippen LogP contribution in [0.4, 0.5) is 0 Å². The Labute approximate surface area is 187 Å². The van der Waals surface area contributed by atoms with E-state index in [1.165, 1.54) is 0 Å². The Morgan fingerprint density at radius 3 is 0.867 bits per heavy atom. The van der Waals surface area contributed by atoms with Gasteiger partial charge >= 0.3 is 149 Å². The summed E-state index contributed by atoms with van der Waals surface area (Å²) in [7, 11) is 0. The summed E-state index contributed by atoms with van der Waals surface area (Å²) in [5, 5.41) is 50.0. The summed E-state index contributed by atoms with van der Waals surface area (Å²) in [6.45, 7) is 0. The monoisotopic (exact) mass is 628 g/mol. The van der Waals surface area contributed by atoms with E-state index in [2.05, 4.69) is 2.04 Å². The SMILES string of the molecule is OO.OO.[K+].[K+].[O-]O.[O-]O.[O]=[W][O][W]=[O]. The fourth-order valence-corrected chi connectivity index (χ4v) is 0.760. The van der Waals surface area contributed by atoms with E-state index < -0.39 is 37.8 Å². The van der Waals surface area contributed by atoms with Gasteiger partial charge in [-0.1, -0.05) is 0 Å². The Hall–Kier alpha value is 3.89. The molecule has 0 aliphatic carbocycles. The second-order valence-electron chi connectivity index (χ2n) is 0.204. The first-order chi connectivity index (χ1) is 6.41. The van der Waals surface area contributed by atoms with E-state index in [0.717, 1.165) is 0 Å². The molecule has 0 radical (unpaired) electrons. The third kappa shape index (κ3) is 130. The van der Waals surface area contributed by atoms with Crippen molar-refractivity contribution in [2.45, 2.75) is 0 Å². The Morgan fingerprint density at radius 2 is 0.867 bits per heavy atom.